The van der Waals surface area contributed by atoms with Gasteiger partial charge in [0.1, 0.15) is 0 Å². The number of halogens is 1. The lowest BCUT2D eigenvalue weighted by Gasteiger charge is -2.36. The van der Waals surface area contributed by atoms with Crippen LogP contribution in [0.1, 0.15) is 19.8 Å². The summed E-state index contributed by atoms with van der Waals surface area (Å²) in [5, 5.41) is 0. The van der Waals surface area contributed by atoms with Crippen LogP contribution in [0.5, 0.6) is 0 Å². The molecule has 2 aliphatic rings. The zero-order valence-corrected chi connectivity index (χ0v) is 11.5. The number of rotatable bonds is 2. The van der Waals surface area contributed by atoms with Gasteiger partial charge in [0.15, 0.2) is 0 Å². The second-order valence-electron chi connectivity index (χ2n) is 4.45. The third-order valence-corrected chi connectivity index (χ3v) is 4.39. The Labute approximate surface area is 108 Å². The van der Waals surface area contributed by atoms with Crippen molar-refractivity contribution in [2.75, 3.05) is 37.7 Å². The molecule has 94 valence electrons. The third kappa shape index (κ3) is 3.54. The molecule has 2 aliphatic heterocycles. The number of nitrogens with zero attached hydrogens (tertiary/aromatic N) is 2. The Balaban J connectivity index is 0.00000128. The van der Waals surface area contributed by atoms with Crippen molar-refractivity contribution in [2.24, 2.45) is 0 Å². The van der Waals surface area contributed by atoms with Gasteiger partial charge in [-0.1, -0.05) is 0 Å². The molecule has 16 heavy (non-hydrogen) atoms. The van der Waals surface area contributed by atoms with Crippen LogP contribution in [-0.2, 0) is 4.79 Å². The first-order valence-corrected chi connectivity index (χ1v) is 7.00. The van der Waals surface area contributed by atoms with Crippen LogP contribution in [0.2, 0.25) is 0 Å². The Hall–Kier alpha value is 0.0700. The maximum Gasteiger partial charge on any atom is 0.219 e. The fraction of sp³-hybridized carbons (Fsp3) is 0.909. The molecule has 2 fully saturated rings. The number of likely N-dealkylation sites (tertiary alicyclic amines) is 1. The zero-order chi connectivity index (χ0) is 10.7. The smallest absolute Gasteiger partial charge is 0.219 e. The van der Waals surface area contributed by atoms with E-state index in [-0.39, 0.29) is 18.3 Å². The number of thioether (sulfide) groups is 1. The van der Waals surface area contributed by atoms with Crippen LogP contribution in [-0.4, -0.2) is 59.4 Å². The van der Waals surface area contributed by atoms with E-state index in [2.05, 4.69) is 9.80 Å². The highest BCUT2D eigenvalue weighted by Gasteiger charge is 2.27. The molecule has 1 amide bonds. The van der Waals surface area contributed by atoms with Crippen molar-refractivity contribution in [3.05, 3.63) is 0 Å². The molecule has 0 radical (unpaired) electrons. The molecule has 1 atom stereocenters. The number of carbonyl (C=O) groups excluding carboxylic acids is 1. The molecule has 0 bridgehead atoms. The fourth-order valence-corrected chi connectivity index (χ4v) is 3.53. The molecule has 0 spiro atoms. The van der Waals surface area contributed by atoms with Crippen LogP contribution in [0.4, 0.5) is 0 Å². The Morgan fingerprint density at radius 3 is 2.62 bits per heavy atom. The topological polar surface area (TPSA) is 23.6 Å². The quantitative estimate of drug-likeness (QED) is 0.755. The first-order chi connectivity index (χ1) is 7.27. The van der Waals surface area contributed by atoms with E-state index in [0.29, 0.717) is 6.04 Å². The molecule has 0 N–H and O–H groups in total. The van der Waals surface area contributed by atoms with Crippen molar-refractivity contribution in [2.45, 2.75) is 25.8 Å². The molecule has 2 saturated heterocycles. The van der Waals surface area contributed by atoms with Gasteiger partial charge in [-0.05, 0) is 25.9 Å². The Morgan fingerprint density at radius 2 is 2.00 bits per heavy atom. The molecular formula is C11H21ClN2OS. The monoisotopic (exact) mass is 264 g/mol. The summed E-state index contributed by atoms with van der Waals surface area (Å²) in [6.45, 7) is 6.19. The molecule has 0 aromatic heterocycles. The van der Waals surface area contributed by atoms with Crippen molar-refractivity contribution >= 4 is 30.1 Å². The lowest BCUT2D eigenvalue weighted by molar-refractivity contribution is -0.130. The van der Waals surface area contributed by atoms with Crippen LogP contribution in [0.15, 0.2) is 0 Å². The second kappa shape index (κ2) is 6.72. The maximum atomic E-state index is 11.5. The molecule has 0 saturated carbocycles. The van der Waals surface area contributed by atoms with Crippen LogP contribution < -0.4 is 0 Å². The van der Waals surface area contributed by atoms with Gasteiger partial charge in [0.25, 0.3) is 0 Å². The van der Waals surface area contributed by atoms with Gasteiger partial charge in [-0.15, -0.1) is 12.4 Å². The van der Waals surface area contributed by atoms with Gasteiger partial charge in [0, 0.05) is 31.5 Å². The summed E-state index contributed by atoms with van der Waals surface area (Å²) in [7, 11) is 0. The highest BCUT2D eigenvalue weighted by molar-refractivity contribution is 7.99. The van der Waals surface area contributed by atoms with Crippen molar-refractivity contribution in [3.63, 3.8) is 0 Å². The summed E-state index contributed by atoms with van der Waals surface area (Å²) in [5.41, 5.74) is 0. The SMILES string of the molecule is CC(=O)N1CCSCC1CN1CCCC1.Cl. The third-order valence-electron chi connectivity index (χ3n) is 3.30. The minimum absolute atomic E-state index is 0. The summed E-state index contributed by atoms with van der Waals surface area (Å²) in [5.74, 6) is 2.48. The highest BCUT2D eigenvalue weighted by atomic mass is 35.5. The number of carbonyl (C=O) groups is 1. The maximum absolute atomic E-state index is 11.5. The van der Waals surface area contributed by atoms with E-state index in [0.717, 1.165) is 24.6 Å². The minimum atomic E-state index is 0. The van der Waals surface area contributed by atoms with Gasteiger partial charge >= 0.3 is 0 Å². The largest absolute Gasteiger partial charge is 0.337 e. The van der Waals surface area contributed by atoms with E-state index >= 15 is 0 Å². The van der Waals surface area contributed by atoms with Crippen molar-refractivity contribution in [3.8, 4) is 0 Å². The molecule has 0 aliphatic carbocycles. The van der Waals surface area contributed by atoms with E-state index in [1.165, 1.54) is 25.9 Å². The fourth-order valence-electron chi connectivity index (χ4n) is 2.48. The number of hydrogen-bond donors (Lipinski definition) is 0. The van der Waals surface area contributed by atoms with E-state index < -0.39 is 0 Å². The molecule has 1 unspecified atom stereocenters. The van der Waals surface area contributed by atoms with Gasteiger partial charge in [0.05, 0.1) is 6.04 Å². The van der Waals surface area contributed by atoms with Gasteiger partial charge in [-0.2, -0.15) is 11.8 Å². The van der Waals surface area contributed by atoms with Crippen LogP contribution in [0, 0.1) is 0 Å². The second-order valence-corrected chi connectivity index (χ2v) is 5.60. The van der Waals surface area contributed by atoms with E-state index in [4.69, 9.17) is 0 Å². The Morgan fingerprint density at radius 1 is 1.31 bits per heavy atom. The Bertz CT molecular complexity index is 234. The van der Waals surface area contributed by atoms with Gasteiger partial charge < -0.3 is 9.80 Å². The minimum Gasteiger partial charge on any atom is -0.337 e. The summed E-state index contributed by atoms with van der Waals surface area (Å²) in [6, 6.07) is 0.458. The molecular weight excluding hydrogens is 244 g/mol. The van der Waals surface area contributed by atoms with Crippen molar-refractivity contribution < 1.29 is 4.79 Å². The summed E-state index contributed by atoms with van der Waals surface area (Å²) in [6.07, 6.45) is 2.67. The zero-order valence-electron chi connectivity index (χ0n) is 9.85. The highest BCUT2D eigenvalue weighted by Crippen LogP contribution is 2.19. The van der Waals surface area contributed by atoms with E-state index in [1.807, 2.05) is 11.8 Å². The van der Waals surface area contributed by atoms with Gasteiger partial charge in [0.2, 0.25) is 5.91 Å². The van der Waals surface area contributed by atoms with Crippen LogP contribution >= 0.6 is 24.2 Å². The normalized spacial score (nSPS) is 26.6. The summed E-state index contributed by atoms with van der Waals surface area (Å²) >= 11 is 1.99. The van der Waals surface area contributed by atoms with E-state index in [1.54, 1.807) is 6.92 Å². The summed E-state index contributed by atoms with van der Waals surface area (Å²) in [4.78, 5) is 16.1. The first kappa shape index (κ1) is 14.1. The molecule has 0 aromatic carbocycles. The lowest BCUT2D eigenvalue weighted by atomic mass is 10.2. The van der Waals surface area contributed by atoms with Crippen LogP contribution in [0.25, 0.3) is 0 Å². The molecule has 0 aromatic rings. The van der Waals surface area contributed by atoms with Crippen molar-refractivity contribution in [1.82, 2.24) is 9.80 Å². The van der Waals surface area contributed by atoms with Gasteiger partial charge in [-0.25, -0.2) is 0 Å². The predicted molar refractivity (Wildman–Crippen MR) is 71.4 cm³/mol. The average Bonchev–Trinajstić information content (AvgIpc) is 2.71. The number of amides is 1. The van der Waals surface area contributed by atoms with Gasteiger partial charge in [-0.3, -0.25) is 4.79 Å². The summed E-state index contributed by atoms with van der Waals surface area (Å²) < 4.78 is 0. The van der Waals surface area contributed by atoms with Crippen molar-refractivity contribution in [1.29, 1.82) is 0 Å². The molecule has 3 nitrogen and oxygen atoms in total. The van der Waals surface area contributed by atoms with E-state index in [9.17, 15) is 4.79 Å². The molecule has 2 heterocycles. The lowest BCUT2D eigenvalue weighted by Crippen LogP contribution is -2.50. The Kier molecular flexibility index (Phi) is 5.94. The first-order valence-electron chi connectivity index (χ1n) is 5.84. The predicted octanol–water partition coefficient (Wildman–Crippen LogP) is 1.47. The molecule has 2 rings (SSSR count). The van der Waals surface area contributed by atoms with Crippen LogP contribution in [0.3, 0.4) is 0 Å². The average molecular weight is 265 g/mol. The standard InChI is InChI=1S/C11H20N2OS.ClH/c1-10(14)13-6-7-15-9-11(13)8-12-4-2-3-5-12;/h11H,2-9H2,1H3;1H. The number of hydrogen-bond acceptors (Lipinski definition) is 3. The molecule has 5 heteroatoms.